The monoisotopic (exact) mass is 145 g/mol. The lowest BCUT2D eigenvalue weighted by Gasteiger charge is -2.03. The maximum absolute atomic E-state index is 10.5. The Hall–Kier alpha value is -0.770. The summed E-state index contributed by atoms with van der Waals surface area (Å²) in [6.07, 6.45) is 0. The standard InChI is InChI=1S/C6H15N3O/c1-3-8-4-5-9-6(10)7-2/h8H,3-5H2,1-2H3,(H2,7,9,10). The van der Waals surface area contributed by atoms with Gasteiger partial charge in [0.05, 0.1) is 0 Å². The van der Waals surface area contributed by atoms with Crippen LogP contribution in [0.5, 0.6) is 0 Å². The van der Waals surface area contributed by atoms with Gasteiger partial charge in [-0.05, 0) is 6.54 Å². The van der Waals surface area contributed by atoms with Gasteiger partial charge in [-0.15, -0.1) is 0 Å². The van der Waals surface area contributed by atoms with Crippen LogP contribution in [0.25, 0.3) is 0 Å². The molecule has 0 saturated carbocycles. The Morgan fingerprint density at radius 2 is 2.10 bits per heavy atom. The third kappa shape index (κ3) is 5.37. The van der Waals surface area contributed by atoms with Gasteiger partial charge in [0, 0.05) is 20.1 Å². The number of carbonyl (C=O) groups excluding carboxylic acids is 1. The predicted molar refractivity (Wildman–Crippen MR) is 41.0 cm³/mol. The minimum atomic E-state index is -0.127. The molecule has 60 valence electrons. The molecule has 0 aromatic heterocycles. The second kappa shape index (κ2) is 6.35. The van der Waals surface area contributed by atoms with E-state index >= 15 is 0 Å². The zero-order valence-corrected chi connectivity index (χ0v) is 6.53. The van der Waals surface area contributed by atoms with Crippen LogP contribution in [0, 0.1) is 0 Å². The highest BCUT2D eigenvalue weighted by atomic mass is 16.2. The van der Waals surface area contributed by atoms with Crippen LogP contribution in [-0.4, -0.2) is 32.7 Å². The van der Waals surface area contributed by atoms with Crippen molar-refractivity contribution in [3.05, 3.63) is 0 Å². The van der Waals surface area contributed by atoms with E-state index in [2.05, 4.69) is 16.0 Å². The first kappa shape index (κ1) is 9.23. The third-order valence-corrected chi connectivity index (χ3v) is 1.06. The summed E-state index contributed by atoms with van der Waals surface area (Å²) >= 11 is 0. The first-order chi connectivity index (χ1) is 4.81. The fraction of sp³-hybridized carbons (Fsp3) is 0.833. The van der Waals surface area contributed by atoms with Crippen molar-refractivity contribution in [2.24, 2.45) is 0 Å². The molecule has 0 aliphatic heterocycles. The van der Waals surface area contributed by atoms with Gasteiger partial charge in [0.15, 0.2) is 0 Å². The molecule has 3 N–H and O–H groups in total. The largest absolute Gasteiger partial charge is 0.341 e. The van der Waals surface area contributed by atoms with Crippen molar-refractivity contribution in [2.75, 3.05) is 26.7 Å². The van der Waals surface area contributed by atoms with E-state index in [1.165, 1.54) is 0 Å². The van der Waals surface area contributed by atoms with Crippen LogP contribution in [-0.2, 0) is 0 Å². The molecule has 0 heterocycles. The van der Waals surface area contributed by atoms with Crippen molar-refractivity contribution in [3.8, 4) is 0 Å². The highest BCUT2D eigenvalue weighted by molar-refractivity contribution is 5.73. The van der Waals surface area contributed by atoms with Crippen LogP contribution >= 0.6 is 0 Å². The van der Waals surface area contributed by atoms with Crippen LogP contribution in [0.1, 0.15) is 6.92 Å². The highest BCUT2D eigenvalue weighted by Gasteiger charge is 1.91. The third-order valence-electron chi connectivity index (χ3n) is 1.06. The maximum Gasteiger partial charge on any atom is 0.314 e. The molecule has 0 aromatic rings. The molecule has 0 radical (unpaired) electrons. The first-order valence-electron chi connectivity index (χ1n) is 3.47. The SMILES string of the molecule is CCNCCNC(=O)NC. The number of nitrogens with one attached hydrogen (secondary N) is 3. The maximum atomic E-state index is 10.5. The Morgan fingerprint density at radius 1 is 1.40 bits per heavy atom. The summed E-state index contributed by atoms with van der Waals surface area (Å²) in [5.41, 5.74) is 0. The zero-order valence-electron chi connectivity index (χ0n) is 6.53. The molecule has 2 amide bonds. The summed E-state index contributed by atoms with van der Waals surface area (Å²) in [5.74, 6) is 0. The Kier molecular flexibility index (Phi) is 5.86. The molecular formula is C6H15N3O. The fourth-order valence-corrected chi connectivity index (χ4v) is 0.530. The predicted octanol–water partition coefficient (Wildman–Crippen LogP) is -0.475. The van der Waals surface area contributed by atoms with E-state index in [9.17, 15) is 4.79 Å². The van der Waals surface area contributed by atoms with Crippen LogP contribution in [0.15, 0.2) is 0 Å². The number of amides is 2. The van der Waals surface area contributed by atoms with Gasteiger partial charge in [-0.2, -0.15) is 0 Å². The lowest BCUT2D eigenvalue weighted by Crippen LogP contribution is -2.37. The second-order valence-electron chi connectivity index (χ2n) is 1.86. The highest BCUT2D eigenvalue weighted by Crippen LogP contribution is 1.60. The number of carbonyl (C=O) groups is 1. The summed E-state index contributed by atoms with van der Waals surface area (Å²) in [6, 6.07) is -0.127. The molecular weight excluding hydrogens is 130 g/mol. The van der Waals surface area contributed by atoms with Gasteiger partial charge in [-0.3, -0.25) is 0 Å². The normalized spacial score (nSPS) is 9.00. The van der Waals surface area contributed by atoms with Crippen LogP contribution in [0.2, 0.25) is 0 Å². The van der Waals surface area contributed by atoms with Crippen LogP contribution in [0.4, 0.5) is 4.79 Å². The van der Waals surface area contributed by atoms with Crippen molar-refractivity contribution >= 4 is 6.03 Å². The van der Waals surface area contributed by atoms with E-state index in [-0.39, 0.29) is 6.03 Å². The minimum absolute atomic E-state index is 0.127. The fourth-order valence-electron chi connectivity index (χ4n) is 0.530. The lowest BCUT2D eigenvalue weighted by atomic mass is 10.6. The quantitative estimate of drug-likeness (QED) is 0.468. The zero-order chi connectivity index (χ0) is 7.82. The molecule has 0 bridgehead atoms. The minimum Gasteiger partial charge on any atom is -0.341 e. The Labute approximate surface area is 61.4 Å². The van der Waals surface area contributed by atoms with E-state index in [4.69, 9.17) is 0 Å². The summed E-state index contributed by atoms with van der Waals surface area (Å²) < 4.78 is 0. The Bertz CT molecular complexity index is 95.0. The molecule has 4 heteroatoms. The van der Waals surface area contributed by atoms with E-state index in [1.54, 1.807) is 7.05 Å². The summed E-state index contributed by atoms with van der Waals surface area (Å²) in [7, 11) is 1.60. The van der Waals surface area contributed by atoms with E-state index in [0.717, 1.165) is 13.1 Å². The first-order valence-corrected chi connectivity index (χ1v) is 3.47. The molecule has 0 aliphatic carbocycles. The molecule has 0 aromatic carbocycles. The molecule has 0 unspecified atom stereocenters. The van der Waals surface area contributed by atoms with Crippen molar-refractivity contribution < 1.29 is 4.79 Å². The molecule has 0 atom stereocenters. The van der Waals surface area contributed by atoms with Crippen LogP contribution < -0.4 is 16.0 Å². The van der Waals surface area contributed by atoms with Crippen molar-refractivity contribution in [1.82, 2.24) is 16.0 Å². The number of rotatable bonds is 4. The molecule has 0 fully saturated rings. The van der Waals surface area contributed by atoms with Crippen molar-refractivity contribution in [2.45, 2.75) is 6.92 Å². The summed E-state index contributed by atoms with van der Waals surface area (Å²) in [4.78, 5) is 10.5. The van der Waals surface area contributed by atoms with E-state index in [1.807, 2.05) is 6.92 Å². The number of urea groups is 1. The van der Waals surface area contributed by atoms with Gasteiger partial charge in [-0.25, -0.2) is 4.79 Å². The Morgan fingerprint density at radius 3 is 2.60 bits per heavy atom. The molecule has 4 nitrogen and oxygen atoms in total. The average molecular weight is 145 g/mol. The average Bonchev–Trinajstić information content (AvgIpc) is 1.98. The van der Waals surface area contributed by atoms with Gasteiger partial charge in [0.1, 0.15) is 0 Å². The molecule has 0 saturated heterocycles. The van der Waals surface area contributed by atoms with E-state index in [0.29, 0.717) is 6.54 Å². The number of hydrogen-bond donors (Lipinski definition) is 3. The molecule has 0 aliphatic rings. The smallest absolute Gasteiger partial charge is 0.314 e. The Balaban J connectivity index is 2.96. The van der Waals surface area contributed by atoms with Gasteiger partial charge in [-0.1, -0.05) is 6.92 Å². The van der Waals surface area contributed by atoms with Crippen molar-refractivity contribution in [3.63, 3.8) is 0 Å². The topological polar surface area (TPSA) is 53.2 Å². The van der Waals surface area contributed by atoms with Crippen molar-refractivity contribution in [1.29, 1.82) is 0 Å². The van der Waals surface area contributed by atoms with Gasteiger partial charge < -0.3 is 16.0 Å². The van der Waals surface area contributed by atoms with Gasteiger partial charge >= 0.3 is 6.03 Å². The molecule has 10 heavy (non-hydrogen) atoms. The van der Waals surface area contributed by atoms with E-state index < -0.39 is 0 Å². The number of hydrogen-bond acceptors (Lipinski definition) is 2. The molecule has 0 rings (SSSR count). The second-order valence-corrected chi connectivity index (χ2v) is 1.86. The summed E-state index contributed by atoms with van der Waals surface area (Å²) in [6.45, 7) is 4.47. The summed E-state index contributed by atoms with van der Waals surface area (Å²) in [5, 5.41) is 8.20. The van der Waals surface area contributed by atoms with Gasteiger partial charge in [0.25, 0.3) is 0 Å². The molecule has 0 spiro atoms. The van der Waals surface area contributed by atoms with Crippen LogP contribution in [0.3, 0.4) is 0 Å². The lowest BCUT2D eigenvalue weighted by molar-refractivity contribution is 0.243. The van der Waals surface area contributed by atoms with Gasteiger partial charge in [0.2, 0.25) is 0 Å². The number of likely N-dealkylation sites (N-methyl/N-ethyl adjacent to an activating group) is 1.